The van der Waals surface area contributed by atoms with Crippen LogP contribution in [0.3, 0.4) is 0 Å². The molecule has 0 fully saturated rings. The molecule has 0 amide bonds. The Morgan fingerprint density at radius 1 is 1.00 bits per heavy atom. The van der Waals surface area contributed by atoms with Crippen LogP contribution in [0, 0.1) is 6.92 Å². The average molecular weight is 273 g/mol. The molecule has 0 bridgehead atoms. The zero-order valence-electron chi connectivity index (χ0n) is 10.0. The van der Waals surface area contributed by atoms with Crippen molar-refractivity contribution in [3.05, 3.63) is 47.5 Å². The lowest BCUT2D eigenvalue weighted by molar-refractivity contribution is 0.584. The van der Waals surface area contributed by atoms with Gasteiger partial charge in [0.05, 0.1) is 16.1 Å². The van der Waals surface area contributed by atoms with E-state index in [0.717, 1.165) is 0 Å². The standard InChI is InChI=1S/C13H9ClN4O/c1-8-15-6-9(7-16-8)12-17-18-13(19-12)10-4-2-3-5-11(10)14/h2-7H,1H3. The molecule has 0 unspecified atom stereocenters. The normalized spacial score (nSPS) is 10.6. The van der Waals surface area contributed by atoms with E-state index < -0.39 is 0 Å². The van der Waals surface area contributed by atoms with Gasteiger partial charge < -0.3 is 4.42 Å². The summed E-state index contributed by atoms with van der Waals surface area (Å²) in [5.41, 5.74) is 1.38. The summed E-state index contributed by atoms with van der Waals surface area (Å²) in [6.45, 7) is 1.81. The first kappa shape index (κ1) is 11.8. The van der Waals surface area contributed by atoms with E-state index >= 15 is 0 Å². The second-order valence-corrected chi connectivity index (χ2v) is 4.32. The molecule has 0 spiro atoms. The second-order valence-electron chi connectivity index (χ2n) is 3.91. The summed E-state index contributed by atoms with van der Waals surface area (Å²) in [6, 6.07) is 7.30. The molecule has 0 radical (unpaired) electrons. The molecule has 3 aromatic rings. The van der Waals surface area contributed by atoms with Crippen molar-refractivity contribution in [1.29, 1.82) is 0 Å². The van der Waals surface area contributed by atoms with E-state index in [4.69, 9.17) is 16.0 Å². The molecule has 0 aliphatic carbocycles. The lowest BCUT2D eigenvalue weighted by Crippen LogP contribution is -1.87. The van der Waals surface area contributed by atoms with Crippen molar-refractivity contribution in [2.45, 2.75) is 6.92 Å². The summed E-state index contributed by atoms with van der Waals surface area (Å²) in [7, 11) is 0. The van der Waals surface area contributed by atoms with Crippen molar-refractivity contribution in [1.82, 2.24) is 20.2 Å². The smallest absolute Gasteiger partial charge is 0.251 e. The Labute approximate surface area is 114 Å². The van der Waals surface area contributed by atoms with Crippen molar-refractivity contribution in [2.75, 3.05) is 0 Å². The maximum atomic E-state index is 6.08. The average Bonchev–Trinajstić information content (AvgIpc) is 2.89. The molecule has 6 heteroatoms. The molecule has 3 rings (SSSR count). The highest BCUT2D eigenvalue weighted by molar-refractivity contribution is 6.33. The van der Waals surface area contributed by atoms with Gasteiger partial charge in [0.15, 0.2) is 0 Å². The zero-order valence-corrected chi connectivity index (χ0v) is 10.8. The molecule has 0 saturated carbocycles. The van der Waals surface area contributed by atoms with E-state index in [-0.39, 0.29) is 0 Å². The number of nitrogens with zero attached hydrogens (tertiary/aromatic N) is 4. The summed E-state index contributed by atoms with van der Waals surface area (Å²) >= 11 is 6.08. The Bertz CT molecular complexity index is 709. The quantitative estimate of drug-likeness (QED) is 0.717. The number of aryl methyl sites for hydroxylation is 1. The van der Waals surface area contributed by atoms with Gasteiger partial charge in [-0.1, -0.05) is 23.7 Å². The van der Waals surface area contributed by atoms with E-state index in [1.807, 2.05) is 25.1 Å². The summed E-state index contributed by atoms with van der Waals surface area (Å²) in [4.78, 5) is 8.18. The maximum absolute atomic E-state index is 6.08. The van der Waals surface area contributed by atoms with Crippen molar-refractivity contribution in [3.63, 3.8) is 0 Å². The summed E-state index contributed by atoms with van der Waals surface area (Å²) < 4.78 is 5.59. The Balaban J connectivity index is 2.00. The first-order valence-electron chi connectivity index (χ1n) is 5.61. The van der Waals surface area contributed by atoms with Crippen molar-refractivity contribution < 1.29 is 4.42 Å². The molecule has 2 aromatic heterocycles. The van der Waals surface area contributed by atoms with E-state index in [2.05, 4.69) is 20.2 Å². The molecule has 0 aliphatic rings. The molecular formula is C13H9ClN4O. The van der Waals surface area contributed by atoms with Crippen LogP contribution in [0.25, 0.3) is 22.9 Å². The largest absolute Gasteiger partial charge is 0.416 e. The van der Waals surface area contributed by atoms with Crippen molar-refractivity contribution in [3.8, 4) is 22.9 Å². The van der Waals surface area contributed by atoms with E-state index in [0.29, 0.717) is 33.8 Å². The molecule has 0 saturated heterocycles. The fourth-order valence-electron chi connectivity index (χ4n) is 1.59. The maximum Gasteiger partial charge on any atom is 0.251 e. The lowest BCUT2D eigenvalue weighted by atomic mass is 10.2. The fourth-order valence-corrected chi connectivity index (χ4v) is 1.80. The van der Waals surface area contributed by atoms with E-state index in [1.165, 1.54) is 0 Å². The van der Waals surface area contributed by atoms with Crippen LogP contribution < -0.4 is 0 Å². The summed E-state index contributed by atoms with van der Waals surface area (Å²) in [6.07, 6.45) is 3.29. The van der Waals surface area contributed by atoms with Crippen LogP contribution in [0.1, 0.15) is 5.82 Å². The highest BCUT2D eigenvalue weighted by atomic mass is 35.5. The number of benzene rings is 1. The predicted molar refractivity (Wildman–Crippen MR) is 70.5 cm³/mol. The minimum atomic E-state index is 0.370. The van der Waals surface area contributed by atoms with Gasteiger partial charge in [-0.3, -0.25) is 0 Å². The highest BCUT2D eigenvalue weighted by Gasteiger charge is 2.13. The van der Waals surface area contributed by atoms with Gasteiger partial charge in [0.25, 0.3) is 5.89 Å². The molecule has 0 atom stereocenters. The number of aromatic nitrogens is 4. The second kappa shape index (κ2) is 4.78. The predicted octanol–water partition coefficient (Wildman–Crippen LogP) is 3.16. The van der Waals surface area contributed by atoms with Crippen LogP contribution in [0.2, 0.25) is 5.02 Å². The van der Waals surface area contributed by atoms with Crippen LogP contribution in [0.5, 0.6) is 0 Å². The van der Waals surface area contributed by atoms with Gasteiger partial charge in [-0.25, -0.2) is 9.97 Å². The zero-order chi connectivity index (χ0) is 13.2. The SMILES string of the molecule is Cc1ncc(-c2nnc(-c3ccccc3Cl)o2)cn1. The Hall–Kier alpha value is -2.27. The lowest BCUT2D eigenvalue weighted by Gasteiger charge is -1.97. The highest BCUT2D eigenvalue weighted by Crippen LogP contribution is 2.28. The molecular weight excluding hydrogens is 264 g/mol. The van der Waals surface area contributed by atoms with Gasteiger partial charge in [-0.2, -0.15) is 0 Å². The fraction of sp³-hybridized carbons (Fsp3) is 0.0769. The first-order chi connectivity index (χ1) is 9.24. The Morgan fingerprint density at radius 3 is 2.42 bits per heavy atom. The molecule has 0 N–H and O–H groups in total. The van der Waals surface area contributed by atoms with Crippen molar-refractivity contribution in [2.24, 2.45) is 0 Å². The third-order valence-electron chi connectivity index (χ3n) is 2.56. The topological polar surface area (TPSA) is 64.7 Å². The van der Waals surface area contributed by atoms with Crippen LogP contribution >= 0.6 is 11.6 Å². The first-order valence-corrected chi connectivity index (χ1v) is 5.99. The van der Waals surface area contributed by atoms with Gasteiger partial charge in [0.2, 0.25) is 5.89 Å². The van der Waals surface area contributed by atoms with E-state index in [9.17, 15) is 0 Å². The van der Waals surface area contributed by atoms with Crippen LogP contribution in [-0.2, 0) is 0 Å². The summed E-state index contributed by atoms with van der Waals surface area (Å²) in [5, 5.41) is 8.54. The van der Waals surface area contributed by atoms with Crippen molar-refractivity contribution >= 4 is 11.6 Å². The van der Waals surface area contributed by atoms with Gasteiger partial charge in [-0.15, -0.1) is 10.2 Å². The molecule has 1 aromatic carbocycles. The Morgan fingerprint density at radius 2 is 1.68 bits per heavy atom. The number of hydrogen-bond donors (Lipinski definition) is 0. The van der Waals surface area contributed by atoms with Crippen LogP contribution in [0.4, 0.5) is 0 Å². The number of hydrogen-bond acceptors (Lipinski definition) is 5. The minimum absolute atomic E-state index is 0.370. The van der Waals surface area contributed by atoms with Gasteiger partial charge in [0, 0.05) is 12.4 Å². The van der Waals surface area contributed by atoms with Gasteiger partial charge >= 0.3 is 0 Å². The van der Waals surface area contributed by atoms with E-state index in [1.54, 1.807) is 18.5 Å². The third kappa shape index (κ3) is 2.32. The molecule has 5 nitrogen and oxygen atoms in total. The monoisotopic (exact) mass is 272 g/mol. The third-order valence-corrected chi connectivity index (χ3v) is 2.89. The summed E-state index contributed by atoms with van der Waals surface area (Å²) in [5.74, 6) is 1.44. The Kier molecular flexibility index (Phi) is 2.97. The number of rotatable bonds is 2. The molecule has 2 heterocycles. The van der Waals surface area contributed by atoms with Gasteiger partial charge in [-0.05, 0) is 19.1 Å². The van der Waals surface area contributed by atoms with Crippen LogP contribution in [-0.4, -0.2) is 20.2 Å². The molecule has 94 valence electrons. The number of halogens is 1. The minimum Gasteiger partial charge on any atom is -0.416 e. The molecule has 0 aliphatic heterocycles. The van der Waals surface area contributed by atoms with Crippen LogP contribution in [0.15, 0.2) is 41.1 Å². The van der Waals surface area contributed by atoms with Gasteiger partial charge in [0.1, 0.15) is 5.82 Å². The molecule has 19 heavy (non-hydrogen) atoms.